The molecule has 1 atom stereocenters. The van der Waals surface area contributed by atoms with Crippen LogP contribution in [0.25, 0.3) is 0 Å². The summed E-state index contributed by atoms with van der Waals surface area (Å²) < 4.78 is 11.3. The lowest BCUT2D eigenvalue weighted by Gasteiger charge is -2.29. The summed E-state index contributed by atoms with van der Waals surface area (Å²) >= 11 is 0. The van der Waals surface area contributed by atoms with Gasteiger partial charge in [-0.15, -0.1) is 0 Å². The fourth-order valence-corrected chi connectivity index (χ4v) is 3.62. The van der Waals surface area contributed by atoms with E-state index in [1.54, 1.807) is 11.8 Å². The number of hydrogen-bond acceptors (Lipinski definition) is 4. The Morgan fingerprint density at radius 1 is 0.879 bits per heavy atom. The number of carbonyl (C=O) groups is 2. The van der Waals surface area contributed by atoms with Gasteiger partial charge >= 0.3 is 0 Å². The second-order valence-electron chi connectivity index (χ2n) is 8.31. The first-order chi connectivity index (χ1) is 15.8. The van der Waals surface area contributed by atoms with Crippen molar-refractivity contribution in [3.8, 4) is 11.5 Å². The third-order valence-corrected chi connectivity index (χ3v) is 5.32. The van der Waals surface area contributed by atoms with Gasteiger partial charge < -0.3 is 19.7 Å². The molecule has 0 spiro atoms. The molecule has 0 saturated heterocycles. The molecular formula is C27H38N2O4. The number of nitrogens with zero attached hydrogens (tertiary/aromatic N) is 1. The Morgan fingerprint density at radius 2 is 1.55 bits per heavy atom. The normalized spacial score (nSPS) is 11.7. The van der Waals surface area contributed by atoms with Crippen LogP contribution < -0.4 is 14.8 Å². The zero-order chi connectivity index (χ0) is 24.2. The monoisotopic (exact) mass is 454 g/mol. The van der Waals surface area contributed by atoms with Crippen LogP contribution in [0.2, 0.25) is 0 Å². The highest BCUT2D eigenvalue weighted by molar-refractivity contribution is 5.87. The Morgan fingerprint density at radius 3 is 2.18 bits per heavy atom. The van der Waals surface area contributed by atoms with E-state index < -0.39 is 6.04 Å². The van der Waals surface area contributed by atoms with E-state index in [9.17, 15) is 9.59 Å². The van der Waals surface area contributed by atoms with Crippen LogP contribution in [0.15, 0.2) is 48.5 Å². The molecule has 0 heterocycles. The van der Waals surface area contributed by atoms with Gasteiger partial charge in [-0.1, -0.05) is 36.4 Å². The van der Waals surface area contributed by atoms with Gasteiger partial charge in [0.25, 0.3) is 0 Å². The lowest BCUT2D eigenvalue weighted by molar-refractivity contribution is -0.140. The molecule has 0 radical (unpaired) electrons. The summed E-state index contributed by atoms with van der Waals surface area (Å²) in [6.07, 6.45) is 1.57. The van der Waals surface area contributed by atoms with E-state index in [0.717, 1.165) is 11.1 Å². The zero-order valence-corrected chi connectivity index (χ0v) is 20.6. The summed E-state index contributed by atoms with van der Waals surface area (Å²) in [5, 5.41) is 2.93. The van der Waals surface area contributed by atoms with E-state index in [1.807, 2.05) is 76.2 Å². The Hall–Kier alpha value is -3.02. The van der Waals surface area contributed by atoms with Gasteiger partial charge in [0, 0.05) is 19.0 Å². The van der Waals surface area contributed by atoms with Crippen molar-refractivity contribution in [1.82, 2.24) is 10.2 Å². The first-order valence-corrected chi connectivity index (χ1v) is 11.9. The summed E-state index contributed by atoms with van der Waals surface area (Å²) in [4.78, 5) is 27.6. The van der Waals surface area contributed by atoms with E-state index in [2.05, 4.69) is 5.32 Å². The number of carbonyl (C=O) groups excluding carboxylic acids is 2. The molecule has 180 valence electrons. The van der Waals surface area contributed by atoms with Crippen LogP contribution in [0.4, 0.5) is 0 Å². The molecular weight excluding hydrogens is 416 g/mol. The van der Waals surface area contributed by atoms with Crippen molar-refractivity contribution in [3.63, 3.8) is 0 Å². The number of ether oxygens (including phenoxy) is 2. The van der Waals surface area contributed by atoms with Crippen molar-refractivity contribution < 1.29 is 19.1 Å². The average molecular weight is 455 g/mol. The number of nitrogens with one attached hydrogen (secondary N) is 1. The largest absolute Gasteiger partial charge is 0.490 e. The van der Waals surface area contributed by atoms with Gasteiger partial charge in [0.05, 0.1) is 13.2 Å². The number of aryl methyl sites for hydroxylation is 1. The van der Waals surface area contributed by atoms with Crippen molar-refractivity contribution in [2.45, 2.75) is 66.0 Å². The highest BCUT2D eigenvalue weighted by Gasteiger charge is 2.26. The van der Waals surface area contributed by atoms with E-state index in [-0.39, 0.29) is 17.9 Å². The first kappa shape index (κ1) is 26.2. The van der Waals surface area contributed by atoms with Crippen LogP contribution in [0.5, 0.6) is 11.5 Å². The van der Waals surface area contributed by atoms with Crippen LogP contribution in [0.3, 0.4) is 0 Å². The highest BCUT2D eigenvalue weighted by Crippen LogP contribution is 2.29. The van der Waals surface area contributed by atoms with Gasteiger partial charge in [-0.2, -0.15) is 0 Å². The van der Waals surface area contributed by atoms with Gasteiger partial charge in [-0.25, -0.2) is 0 Å². The van der Waals surface area contributed by atoms with Crippen LogP contribution in [-0.4, -0.2) is 48.6 Å². The smallest absolute Gasteiger partial charge is 0.242 e. The molecule has 2 rings (SSSR count). The Balaban J connectivity index is 2.11. The molecule has 0 aromatic heterocycles. The van der Waals surface area contributed by atoms with Gasteiger partial charge in [-0.3, -0.25) is 9.59 Å². The summed E-state index contributed by atoms with van der Waals surface area (Å²) in [6, 6.07) is 15.3. The number of rotatable bonds is 13. The third-order valence-electron chi connectivity index (χ3n) is 5.32. The van der Waals surface area contributed by atoms with Gasteiger partial charge in [0.2, 0.25) is 11.8 Å². The summed E-state index contributed by atoms with van der Waals surface area (Å²) in [6.45, 7) is 11.1. The number of benzene rings is 2. The minimum atomic E-state index is -0.539. The maximum Gasteiger partial charge on any atom is 0.242 e. The molecule has 6 nitrogen and oxygen atoms in total. The van der Waals surface area contributed by atoms with Crippen LogP contribution in [0, 0.1) is 0 Å². The molecule has 33 heavy (non-hydrogen) atoms. The molecule has 2 aromatic carbocycles. The van der Waals surface area contributed by atoms with Crippen molar-refractivity contribution >= 4 is 11.8 Å². The van der Waals surface area contributed by atoms with Crippen molar-refractivity contribution in [2.24, 2.45) is 0 Å². The lowest BCUT2D eigenvalue weighted by atomic mass is 10.1. The molecule has 0 unspecified atom stereocenters. The second-order valence-corrected chi connectivity index (χ2v) is 8.31. The molecule has 0 bridgehead atoms. The minimum absolute atomic E-state index is 0.0202. The molecule has 0 saturated carbocycles. The first-order valence-electron chi connectivity index (χ1n) is 11.9. The maximum absolute atomic E-state index is 13.2. The highest BCUT2D eigenvalue weighted by atomic mass is 16.5. The van der Waals surface area contributed by atoms with Crippen molar-refractivity contribution in [3.05, 3.63) is 59.7 Å². The predicted molar refractivity (Wildman–Crippen MR) is 132 cm³/mol. The fourth-order valence-electron chi connectivity index (χ4n) is 3.62. The molecule has 0 aliphatic rings. The number of hydrogen-bond donors (Lipinski definition) is 1. The van der Waals surface area contributed by atoms with Gasteiger partial charge in [-0.05, 0) is 70.7 Å². The molecule has 1 N–H and O–H groups in total. The summed E-state index contributed by atoms with van der Waals surface area (Å²) in [5.74, 6) is 1.23. The van der Waals surface area contributed by atoms with Crippen LogP contribution >= 0.6 is 0 Å². The molecule has 6 heteroatoms. The van der Waals surface area contributed by atoms with Crippen molar-refractivity contribution in [2.75, 3.05) is 19.8 Å². The second kappa shape index (κ2) is 13.5. The topological polar surface area (TPSA) is 67.9 Å². The van der Waals surface area contributed by atoms with E-state index in [4.69, 9.17) is 9.47 Å². The quantitative estimate of drug-likeness (QED) is 0.487. The maximum atomic E-state index is 13.2. The molecule has 2 aromatic rings. The van der Waals surface area contributed by atoms with Gasteiger partial charge in [0.15, 0.2) is 11.5 Å². The summed E-state index contributed by atoms with van der Waals surface area (Å²) in [5.41, 5.74) is 2.14. The Kier molecular flexibility index (Phi) is 10.7. The standard InChI is InChI=1S/C27H38N2O4/c1-6-32-24-15-13-23(19-25(24)33-7-2)14-16-26(30)29(21(5)27(31)28-20(3)4)18-17-22-11-9-8-10-12-22/h8-13,15,19-21H,6-7,14,16-18H2,1-5H3,(H,28,31)/t21-/m1/s1. The predicted octanol–water partition coefficient (Wildman–Crippen LogP) is 4.40. The van der Waals surface area contributed by atoms with E-state index in [0.29, 0.717) is 50.5 Å². The number of amides is 2. The zero-order valence-electron chi connectivity index (χ0n) is 20.6. The van der Waals surface area contributed by atoms with Gasteiger partial charge in [0.1, 0.15) is 6.04 Å². The lowest BCUT2D eigenvalue weighted by Crippen LogP contribution is -2.50. The fraction of sp³-hybridized carbons (Fsp3) is 0.481. The molecule has 0 aliphatic carbocycles. The minimum Gasteiger partial charge on any atom is -0.490 e. The Bertz CT molecular complexity index is 883. The SMILES string of the molecule is CCOc1ccc(CCC(=O)N(CCc2ccccc2)[C@H](C)C(=O)NC(C)C)cc1OCC. The molecule has 0 aliphatic heterocycles. The van der Waals surface area contributed by atoms with E-state index >= 15 is 0 Å². The van der Waals surface area contributed by atoms with Crippen molar-refractivity contribution in [1.29, 1.82) is 0 Å². The summed E-state index contributed by atoms with van der Waals surface area (Å²) in [7, 11) is 0. The molecule has 2 amide bonds. The average Bonchev–Trinajstić information content (AvgIpc) is 2.79. The van der Waals surface area contributed by atoms with E-state index in [1.165, 1.54) is 0 Å². The Labute approximate surface area is 198 Å². The van der Waals surface area contributed by atoms with Crippen LogP contribution in [-0.2, 0) is 22.4 Å². The third kappa shape index (κ3) is 8.44. The molecule has 0 fully saturated rings. The van der Waals surface area contributed by atoms with Crippen LogP contribution in [0.1, 0.15) is 52.2 Å².